The number of nitrogens with zero attached hydrogens (tertiary/aromatic N) is 3. The number of amides is 1. The summed E-state index contributed by atoms with van der Waals surface area (Å²) < 4.78 is 1.18. The molecule has 0 unspecified atom stereocenters. The van der Waals surface area contributed by atoms with Crippen molar-refractivity contribution < 1.29 is 4.79 Å². The number of nitrogens with one attached hydrogen (secondary N) is 1. The van der Waals surface area contributed by atoms with Crippen molar-refractivity contribution in [3.63, 3.8) is 0 Å². The Hall–Kier alpha value is -2.44. The second-order valence-corrected chi connectivity index (χ2v) is 7.70. The van der Waals surface area contributed by atoms with Crippen molar-refractivity contribution in [1.29, 1.82) is 0 Å². The summed E-state index contributed by atoms with van der Waals surface area (Å²) in [5.41, 5.74) is 3.26. The van der Waals surface area contributed by atoms with Crippen LogP contribution in [0.1, 0.15) is 10.6 Å². The third-order valence-corrected chi connectivity index (χ3v) is 5.12. The molecule has 0 aliphatic heterocycles. The SMILES string of the molecule is CN(CC(=O)NCc1ccc(N(C)C)cc1)Cc1nc2ccccc2s1. The first kappa shape index (κ1) is 18.4. The Balaban J connectivity index is 1.47. The minimum Gasteiger partial charge on any atom is -0.378 e. The second-order valence-electron chi connectivity index (χ2n) is 6.59. The Morgan fingerprint density at radius 3 is 2.50 bits per heavy atom. The van der Waals surface area contributed by atoms with E-state index in [1.54, 1.807) is 11.3 Å². The van der Waals surface area contributed by atoms with E-state index in [4.69, 9.17) is 0 Å². The van der Waals surface area contributed by atoms with Gasteiger partial charge in [-0.1, -0.05) is 24.3 Å². The maximum atomic E-state index is 12.2. The van der Waals surface area contributed by atoms with Crippen molar-refractivity contribution in [2.24, 2.45) is 0 Å². The monoisotopic (exact) mass is 368 g/mol. The molecule has 0 radical (unpaired) electrons. The minimum atomic E-state index is 0.0188. The van der Waals surface area contributed by atoms with Gasteiger partial charge >= 0.3 is 0 Å². The van der Waals surface area contributed by atoms with Crippen molar-refractivity contribution in [3.8, 4) is 0 Å². The van der Waals surface area contributed by atoms with Crippen LogP contribution in [-0.2, 0) is 17.9 Å². The van der Waals surface area contributed by atoms with Gasteiger partial charge in [-0.3, -0.25) is 9.69 Å². The van der Waals surface area contributed by atoms with Gasteiger partial charge in [0.15, 0.2) is 0 Å². The first-order chi connectivity index (χ1) is 12.5. The van der Waals surface area contributed by atoms with E-state index in [0.29, 0.717) is 19.6 Å². The molecule has 0 saturated heterocycles. The summed E-state index contributed by atoms with van der Waals surface area (Å²) in [4.78, 5) is 20.8. The van der Waals surface area contributed by atoms with Crippen LogP contribution in [0.3, 0.4) is 0 Å². The van der Waals surface area contributed by atoms with Gasteiger partial charge < -0.3 is 10.2 Å². The second kappa shape index (κ2) is 8.29. The lowest BCUT2D eigenvalue weighted by Crippen LogP contribution is -2.34. The number of likely N-dealkylation sites (N-methyl/N-ethyl adjacent to an activating group) is 1. The average molecular weight is 369 g/mol. The zero-order valence-corrected chi connectivity index (χ0v) is 16.2. The number of fused-ring (bicyclic) bond motifs is 1. The highest BCUT2D eigenvalue weighted by atomic mass is 32.1. The number of anilines is 1. The Morgan fingerprint density at radius 2 is 1.81 bits per heavy atom. The zero-order valence-electron chi connectivity index (χ0n) is 15.4. The molecule has 2 aromatic carbocycles. The van der Waals surface area contributed by atoms with Crippen LogP contribution >= 0.6 is 11.3 Å². The van der Waals surface area contributed by atoms with Gasteiger partial charge in [-0.05, 0) is 36.9 Å². The highest BCUT2D eigenvalue weighted by Gasteiger charge is 2.10. The van der Waals surface area contributed by atoms with Crippen LogP contribution in [0, 0.1) is 0 Å². The van der Waals surface area contributed by atoms with Crippen LogP contribution in [-0.4, -0.2) is 43.5 Å². The quantitative estimate of drug-likeness (QED) is 0.696. The third kappa shape index (κ3) is 4.80. The number of carbonyl (C=O) groups is 1. The number of hydrogen-bond acceptors (Lipinski definition) is 5. The number of aromatic nitrogens is 1. The summed E-state index contributed by atoms with van der Waals surface area (Å²) in [6.07, 6.45) is 0. The van der Waals surface area contributed by atoms with E-state index in [9.17, 15) is 4.79 Å². The van der Waals surface area contributed by atoms with Crippen LogP contribution in [0.4, 0.5) is 5.69 Å². The van der Waals surface area contributed by atoms with Gasteiger partial charge in [0, 0.05) is 26.3 Å². The molecule has 0 spiro atoms. The molecule has 0 atom stereocenters. The van der Waals surface area contributed by atoms with Gasteiger partial charge in [0.25, 0.3) is 0 Å². The van der Waals surface area contributed by atoms with E-state index in [2.05, 4.69) is 33.4 Å². The normalized spacial score (nSPS) is 11.1. The van der Waals surface area contributed by atoms with E-state index in [1.165, 1.54) is 4.70 Å². The standard InChI is InChI=1S/C20H24N4OS/c1-23(2)16-10-8-15(9-11-16)12-21-19(25)13-24(3)14-20-22-17-6-4-5-7-18(17)26-20/h4-11H,12-14H2,1-3H3,(H,21,25). The fraction of sp³-hybridized carbons (Fsp3) is 0.300. The van der Waals surface area contributed by atoms with Gasteiger partial charge in [-0.15, -0.1) is 11.3 Å². The molecule has 0 aliphatic carbocycles. The van der Waals surface area contributed by atoms with Crippen molar-refractivity contribution in [1.82, 2.24) is 15.2 Å². The molecule has 0 bridgehead atoms. The predicted molar refractivity (Wildman–Crippen MR) is 109 cm³/mol. The number of carbonyl (C=O) groups excluding carboxylic acids is 1. The molecule has 6 heteroatoms. The lowest BCUT2D eigenvalue weighted by Gasteiger charge is -2.15. The molecule has 3 rings (SSSR count). The van der Waals surface area contributed by atoms with Gasteiger partial charge in [0.2, 0.25) is 5.91 Å². The zero-order chi connectivity index (χ0) is 18.5. The summed E-state index contributed by atoms with van der Waals surface area (Å²) in [7, 11) is 5.97. The molecule has 3 aromatic rings. The van der Waals surface area contributed by atoms with Gasteiger partial charge in [-0.25, -0.2) is 4.98 Å². The molecular weight excluding hydrogens is 344 g/mol. The van der Waals surface area contributed by atoms with Gasteiger partial charge in [0.05, 0.1) is 23.3 Å². The van der Waals surface area contributed by atoms with E-state index in [-0.39, 0.29) is 5.91 Å². The highest BCUT2D eigenvalue weighted by Crippen LogP contribution is 2.22. The lowest BCUT2D eigenvalue weighted by atomic mass is 10.2. The van der Waals surface area contributed by atoms with Crippen molar-refractivity contribution in [2.45, 2.75) is 13.1 Å². The molecule has 1 heterocycles. The Kier molecular flexibility index (Phi) is 5.85. The first-order valence-corrected chi connectivity index (χ1v) is 9.39. The molecule has 1 aromatic heterocycles. The highest BCUT2D eigenvalue weighted by molar-refractivity contribution is 7.18. The van der Waals surface area contributed by atoms with E-state index >= 15 is 0 Å². The topological polar surface area (TPSA) is 48.5 Å². The fourth-order valence-corrected chi connectivity index (χ4v) is 3.74. The third-order valence-electron chi connectivity index (χ3n) is 4.10. The predicted octanol–water partition coefficient (Wildman–Crippen LogP) is 3.11. The van der Waals surface area contributed by atoms with Crippen LogP contribution in [0.2, 0.25) is 0 Å². The number of para-hydroxylation sites is 1. The van der Waals surface area contributed by atoms with E-state index < -0.39 is 0 Å². The lowest BCUT2D eigenvalue weighted by molar-refractivity contribution is -0.122. The van der Waals surface area contributed by atoms with Crippen LogP contribution < -0.4 is 10.2 Å². The van der Waals surface area contributed by atoms with E-state index in [0.717, 1.165) is 21.8 Å². The number of hydrogen-bond donors (Lipinski definition) is 1. The van der Waals surface area contributed by atoms with Crippen LogP contribution in [0.5, 0.6) is 0 Å². The summed E-state index contributed by atoms with van der Waals surface area (Å²) in [5.74, 6) is 0.0188. The Morgan fingerprint density at radius 1 is 1.08 bits per heavy atom. The van der Waals surface area contributed by atoms with Crippen LogP contribution in [0.25, 0.3) is 10.2 Å². The Labute approximate surface area is 158 Å². The molecule has 1 amide bonds. The molecule has 0 saturated carbocycles. The summed E-state index contributed by atoms with van der Waals surface area (Å²) >= 11 is 1.68. The summed E-state index contributed by atoms with van der Waals surface area (Å²) in [5, 5.41) is 4.01. The van der Waals surface area contributed by atoms with E-state index in [1.807, 2.05) is 56.4 Å². The molecule has 0 fully saturated rings. The number of benzene rings is 2. The number of thiazole rings is 1. The van der Waals surface area contributed by atoms with Crippen molar-refractivity contribution >= 4 is 33.1 Å². The average Bonchev–Trinajstić information content (AvgIpc) is 3.02. The van der Waals surface area contributed by atoms with Gasteiger partial charge in [-0.2, -0.15) is 0 Å². The summed E-state index contributed by atoms with van der Waals surface area (Å²) in [6.45, 7) is 1.57. The largest absolute Gasteiger partial charge is 0.378 e. The molecule has 5 nitrogen and oxygen atoms in total. The molecular formula is C20H24N4OS. The Bertz CT molecular complexity index is 840. The van der Waals surface area contributed by atoms with Gasteiger partial charge in [0.1, 0.15) is 5.01 Å². The molecule has 26 heavy (non-hydrogen) atoms. The minimum absolute atomic E-state index is 0.0188. The number of rotatable bonds is 7. The molecule has 136 valence electrons. The van der Waals surface area contributed by atoms with Crippen LogP contribution in [0.15, 0.2) is 48.5 Å². The fourth-order valence-electron chi connectivity index (χ4n) is 2.69. The maximum absolute atomic E-state index is 12.2. The molecule has 1 N–H and O–H groups in total. The summed E-state index contributed by atoms with van der Waals surface area (Å²) in [6, 6.07) is 16.3. The molecule has 0 aliphatic rings. The first-order valence-electron chi connectivity index (χ1n) is 8.57. The van der Waals surface area contributed by atoms with Crippen molar-refractivity contribution in [2.75, 3.05) is 32.6 Å². The maximum Gasteiger partial charge on any atom is 0.234 e. The van der Waals surface area contributed by atoms with Crippen molar-refractivity contribution in [3.05, 3.63) is 59.1 Å². The smallest absolute Gasteiger partial charge is 0.234 e.